The number of nitrogens with zero attached hydrogens (tertiary/aromatic N) is 4. The van der Waals surface area contributed by atoms with Crippen molar-refractivity contribution < 1.29 is 9.53 Å². The topological polar surface area (TPSA) is 106 Å². The molecule has 2 aromatic heterocycles. The monoisotopic (exact) mass is 280 g/mol. The highest BCUT2D eigenvalue weighted by Crippen LogP contribution is 2.15. The van der Waals surface area contributed by atoms with E-state index >= 15 is 0 Å². The van der Waals surface area contributed by atoms with Gasteiger partial charge in [-0.2, -0.15) is 4.98 Å². The van der Waals surface area contributed by atoms with Gasteiger partial charge in [0.2, 0.25) is 11.1 Å². The Balaban J connectivity index is 2.04. The van der Waals surface area contributed by atoms with Gasteiger partial charge in [0.15, 0.2) is 11.5 Å². The zero-order chi connectivity index (χ0) is 13.7. The Kier molecular flexibility index (Phi) is 4.29. The molecule has 0 atom stereocenters. The highest BCUT2D eigenvalue weighted by molar-refractivity contribution is 7.99. The fourth-order valence-electron chi connectivity index (χ4n) is 1.23. The van der Waals surface area contributed by atoms with Crippen LogP contribution in [-0.4, -0.2) is 44.2 Å². The quantitative estimate of drug-likeness (QED) is 0.622. The summed E-state index contributed by atoms with van der Waals surface area (Å²) in [6, 6.07) is 3.12. The van der Waals surface area contributed by atoms with E-state index in [-0.39, 0.29) is 5.69 Å². The van der Waals surface area contributed by atoms with E-state index in [1.807, 2.05) is 6.92 Å². The van der Waals surface area contributed by atoms with Gasteiger partial charge in [-0.05, 0) is 17.9 Å². The first-order valence-corrected chi connectivity index (χ1v) is 6.45. The fourth-order valence-corrected chi connectivity index (χ4v) is 1.75. The number of aromatic amines is 1. The van der Waals surface area contributed by atoms with E-state index in [0.717, 1.165) is 5.75 Å². The fraction of sp³-hybridized carbons (Fsp3) is 0.300. The molecular weight excluding hydrogens is 268 g/mol. The standard InChI is InChI=1S/C10H12N6O2S/c1-3-19-10-12-9(15-16-10)11-7-5-4-6(13-14-7)8(17)18-2/h4-5H,3H2,1-2H3,(H2,11,12,14,15,16). The maximum absolute atomic E-state index is 11.2. The Morgan fingerprint density at radius 2 is 2.32 bits per heavy atom. The number of ether oxygens (including phenoxy) is 1. The maximum atomic E-state index is 11.2. The molecule has 0 bridgehead atoms. The van der Waals surface area contributed by atoms with Crippen molar-refractivity contribution in [1.29, 1.82) is 0 Å². The van der Waals surface area contributed by atoms with Crippen molar-refractivity contribution in [3.8, 4) is 0 Å². The molecule has 2 heterocycles. The molecule has 0 aliphatic heterocycles. The third-order valence-corrected chi connectivity index (χ3v) is 2.77. The number of H-pyrrole nitrogens is 1. The number of hydrogen-bond acceptors (Lipinski definition) is 8. The molecule has 8 nitrogen and oxygen atoms in total. The number of carbonyl (C=O) groups is 1. The number of methoxy groups -OCH3 is 1. The largest absolute Gasteiger partial charge is 0.464 e. The molecule has 19 heavy (non-hydrogen) atoms. The summed E-state index contributed by atoms with van der Waals surface area (Å²) in [4.78, 5) is 15.4. The van der Waals surface area contributed by atoms with E-state index in [2.05, 4.69) is 35.4 Å². The van der Waals surface area contributed by atoms with Crippen molar-refractivity contribution in [2.45, 2.75) is 12.1 Å². The average Bonchev–Trinajstić information content (AvgIpc) is 2.86. The van der Waals surface area contributed by atoms with Gasteiger partial charge in [-0.15, -0.1) is 15.3 Å². The third-order valence-electron chi connectivity index (χ3n) is 2.04. The maximum Gasteiger partial charge on any atom is 0.358 e. The number of anilines is 2. The number of thioether (sulfide) groups is 1. The minimum Gasteiger partial charge on any atom is -0.464 e. The molecule has 0 unspecified atom stereocenters. The van der Waals surface area contributed by atoms with Gasteiger partial charge in [0, 0.05) is 0 Å². The van der Waals surface area contributed by atoms with Crippen molar-refractivity contribution in [2.24, 2.45) is 0 Å². The van der Waals surface area contributed by atoms with Crippen LogP contribution >= 0.6 is 11.8 Å². The summed E-state index contributed by atoms with van der Waals surface area (Å²) in [6.07, 6.45) is 0. The zero-order valence-corrected chi connectivity index (χ0v) is 11.2. The molecule has 0 aromatic carbocycles. The van der Waals surface area contributed by atoms with Crippen LogP contribution in [0.1, 0.15) is 17.4 Å². The predicted molar refractivity (Wildman–Crippen MR) is 69.4 cm³/mol. The van der Waals surface area contributed by atoms with Gasteiger partial charge >= 0.3 is 5.97 Å². The number of aromatic nitrogens is 5. The lowest BCUT2D eigenvalue weighted by molar-refractivity contribution is 0.0593. The van der Waals surface area contributed by atoms with Crippen molar-refractivity contribution >= 4 is 29.5 Å². The normalized spacial score (nSPS) is 10.2. The van der Waals surface area contributed by atoms with Crippen LogP contribution in [0.4, 0.5) is 11.8 Å². The van der Waals surface area contributed by atoms with E-state index in [9.17, 15) is 4.79 Å². The Bertz CT molecular complexity index is 555. The number of carbonyl (C=O) groups excluding carboxylic acids is 1. The van der Waals surface area contributed by atoms with E-state index in [0.29, 0.717) is 16.9 Å². The lowest BCUT2D eigenvalue weighted by Gasteiger charge is -2.01. The Hall–Kier alpha value is -2.16. The minimum absolute atomic E-state index is 0.146. The van der Waals surface area contributed by atoms with Crippen LogP contribution in [0.5, 0.6) is 0 Å². The van der Waals surface area contributed by atoms with Gasteiger partial charge in [0.25, 0.3) is 0 Å². The number of hydrogen-bond donors (Lipinski definition) is 2. The van der Waals surface area contributed by atoms with Crippen LogP contribution in [-0.2, 0) is 4.74 Å². The lowest BCUT2D eigenvalue weighted by atomic mass is 10.4. The highest BCUT2D eigenvalue weighted by atomic mass is 32.2. The summed E-state index contributed by atoms with van der Waals surface area (Å²) in [5.41, 5.74) is 0.146. The van der Waals surface area contributed by atoms with Gasteiger partial charge in [0.1, 0.15) is 0 Å². The van der Waals surface area contributed by atoms with E-state index in [1.54, 1.807) is 6.07 Å². The summed E-state index contributed by atoms with van der Waals surface area (Å²) in [7, 11) is 1.29. The molecule has 0 aliphatic carbocycles. The predicted octanol–water partition coefficient (Wildman–Crippen LogP) is 1.24. The molecule has 100 valence electrons. The lowest BCUT2D eigenvalue weighted by Crippen LogP contribution is -2.06. The zero-order valence-electron chi connectivity index (χ0n) is 10.4. The highest BCUT2D eigenvalue weighted by Gasteiger charge is 2.08. The van der Waals surface area contributed by atoms with Gasteiger partial charge < -0.3 is 10.1 Å². The SMILES string of the molecule is CCSc1n[nH]c(Nc2ccc(C(=O)OC)nn2)n1. The molecule has 0 aliphatic rings. The van der Waals surface area contributed by atoms with Crippen LogP contribution in [0.15, 0.2) is 17.3 Å². The van der Waals surface area contributed by atoms with Crippen molar-refractivity contribution in [3.05, 3.63) is 17.8 Å². The Morgan fingerprint density at radius 3 is 2.95 bits per heavy atom. The van der Waals surface area contributed by atoms with E-state index in [1.165, 1.54) is 24.9 Å². The molecule has 0 spiro atoms. The second-order valence-corrected chi connectivity index (χ2v) is 4.55. The minimum atomic E-state index is -0.527. The number of rotatable bonds is 5. The van der Waals surface area contributed by atoms with Crippen LogP contribution < -0.4 is 5.32 Å². The molecule has 9 heteroatoms. The van der Waals surface area contributed by atoms with Crippen LogP contribution in [0.2, 0.25) is 0 Å². The van der Waals surface area contributed by atoms with Gasteiger partial charge in [-0.1, -0.05) is 18.7 Å². The number of nitrogens with one attached hydrogen (secondary N) is 2. The van der Waals surface area contributed by atoms with Crippen molar-refractivity contribution in [3.63, 3.8) is 0 Å². The molecule has 2 N–H and O–H groups in total. The summed E-state index contributed by atoms with van der Waals surface area (Å²) >= 11 is 1.53. The Morgan fingerprint density at radius 1 is 1.47 bits per heavy atom. The van der Waals surface area contributed by atoms with Crippen LogP contribution in [0, 0.1) is 0 Å². The molecule has 0 radical (unpaired) electrons. The summed E-state index contributed by atoms with van der Waals surface area (Å²) in [6.45, 7) is 2.02. The molecule has 2 aromatic rings. The van der Waals surface area contributed by atoms with Crippen LogP contribution in [0.25, 0.3) is 0 Å². The first-order chi connectivity index (χ1) is 9.22. The molecular formula is C10H12N6O2S. The summed E-state index contributed by atoms with van der Waals surface area (Å²) in [5, 5.41) is 17.9. The molecule has 2 rings (SSSR count). The first kappa shape index (κ1) is 13.3. The van der Waals surface area contributed by atoms with Crippen molar-refractivity contribution in [1.82, 2.24) is 25.4 Å². The third kappa shape index (κ3) is 3.41. The second-order valence-electron chi connectivity index (χ2n) is 3.32. The molecule has 0 saturated heterocycles. The summed E-state index contributed by atoms with van der Waals surface area (Å²) < 4.78 is 4.53. The average molecular weight is 280 g/mol. The van der Waals surface area contributed by atoms with Gasteiger partial charge in [0.05, 0.1) is 7.11 Å². The smallest absolute Gasteiger partial charge is 0.358 e. The van der Waals surface area contributed by atoms with Crippen LogP contribution in [0.3, 0.4) is 0 Å². The molecule has 0 fully saturated rings. The van der Waals surface area contributed by atoms with Gasteiger partial charge in [-0.3, -0.25) is 0 Å². The molecule has 0 amide bonds. The second kappa shape index (κ2) is 6.14. The summed E-state index contributed by atoms with van der Waals surface area (Å²) in [5.74, 6) is 1.29. The van der Waals surface area contributed by atoms with Gasteiger partial charge in [-0.25, -0.2) is 9.89 Å². The number of esters is 1. The van der Waals surface area contributed by atoms with E-state index < -0.39 is 5.97 Å². The van der Waals surface area contributed by atoms with Crippen molar-refractivity contribution in [2.75, 3.05) is 18.2 Å². The Labute approximate surface area is 113 Å². The first-order valence-electron chi connectivity index (χ1n) is 5.47. The molecule has 0 saturated carbocycles. The van der Waals surface area contributed by atoms with E-state index in [4.69, 9.17) is 0 Å².